The van der Waals surface area contributed by atoms with E-state index in [1.807, 2.05) is 23.0 Å². The van der Waals surface area contributed by atoms with Crippen LogP contribution in [0.15, 0.2) is 67.4 Å². The van der Waals surface area contributed by atoms with Gasteiger partial charge in [0.05, 0.1) is 35.7 Å². The Hall–Kier alpha value is -5.21. The summed E-state index contributed by atoms with van der Waals surface area (Å²) in [6, 6.07) is 11.8. The van der Waals surface area contributed by atoms with E-state index in [-0.39, 0.29) is 29.3 Å². The fraction of sp³-hybridized carbons (Fsp3) is 0.425. The Balaban J connectivity index is 0.828. The maximum atomic E-state index is 14.8. The zero-order valence-corrected chi connectivity index (χ0v) is 30.9. The van der Waals surface area contributed by atoms with Crippen molar-refractivity contribution in [1.29, 1.82) is 0 Å². The van der Waals surface area contributed by atoms with Crippen LogP contribution in [0.4, 0.5) is 26.0 Å². The molecule has 2 aromatic carbocycles. The summed E-state index contributed by atoms with van der Waals surface area (Å²) in [6.07, 6.45) is 11.7. The van der Waals surface area contributed by atoms with Crippen molar-refractivity contribution < 1.29 is 18.4 Å². The van der Waals surface area contributed by atoms with Crippen LogP contribution in [0.25, 0.3) is 16.9 Å². The van der Waals surface area contributed by atoms with E-state index >= 15 is 0 Å². The van der Waals surface area contributed by atoms with Gasteiger partial charge in [-0.15, -0.1) is 0 Å². The molecular formula is C40H46F2N10O2. The Labute approximate surface area is 313 Å². The molecule has 6 heterocycles. The van der Waals surface area contributed by atoms with Gasteiger partial charge in [-0.2, -0.15) is 5.10 Å². The third-order valence-electron chi connectivity index (χ3n) is 11.5. The Morgan fingerprint density at radius 2 is 1.72 bits per heavy atom. The van der Waals surface area contributed by atoms with Gasteiger partial charge in [-0.1, -0.05) is 12.1 Å². The maximum absolute atomic E-state index is 14.8. The summed E-state index contributed by atoms with van der Waals surface area (Å²) in [5, 5.41) is 10.5. The number of hydrogen-bond acceptors (Lipinski definition) is 9. The molecule has 14 heteroatoms. The Morgan fingerprint density at radius 3 is 2.48 bits per heavy atom. The minimum Gasteiger partial charge on any atom is -0.369 e. The number of halogens is 2. The summed E-state index contributed by atoms with van der Waals surface area (Å²) in [5.41, 5.74) is 4.55. The van der Waals surface area contributed by atoms with Crippen LogP contribution in [-0.4, -0.2) is 97.1 Å². The summed E-state index contributed by atoms with van der Waals surface area (Å²) in [4.78, 5) is 40.5. The number of rotatable bonds is 9. The van der Waals surface area contributed by atoms with Gasteiger partial charge >= 0.3 is 0 Å². The van der Waals surface area contributed by atoms with Crippen LogP contribution in [-0.2, 0) is 9.59 Å². The standard InChI is InChI=1S/C40H46F2N10O2/c1-25-18-33(35(42)20-34(25)41)36-22-44-38(39-43-11-13-51(36)39)46-29-21-45-52(24-29)31-10-12-48(26(2)19-31)14-15-49-16-17-50(23-27(49)3)30-6-4-28(5-7-30)32-8-9-37(53)47-40(32)54/h4-7,11,13,18,20-22,24,26-27,31-32H,8-10,12,14-17,19,23H2,1-3H3,(H,44,46)(H,47,53,54)/t26-,27+,31-,32?/m0/s1. The molecule has 282 valence electrons. The molecule has 0 radical (unpaired) electrons. The zero-order chi connectivity index (χ0) is 37.5. The van der Waals surface area contributed by atoms with Crippen LogP contribution in [0.3, 0.4) is 0 Å². The van der Waals surface area contributed by atoms with Crippen molar-refractivity contribution in [3.05, 3.63) is 90.1 Å². The summed E-state index contributed by atoms with van der Waals surface area (Å²) >= 11 is 0. The van der Waals surface area contributed by atoms with Crippen LogP contribution in [0.2, 0.25) is 0 Å². The molecule has 0 bridgehead atoms. The number of benzene rings is 2. The minimum absolute atomic E-state index is 0.187. The van der Waals surface area contributed by atoms with E-state index < -0.39 is 11.6 Å². The summed E-state index contributed by atoms with van der Waals surface area (Å²) in [7, 11) is 0. The second-order valence-electron chi connectivity index (χ2n) is 15.0. The molecule has 1 unspecified atom stereocenters. The molecule has 2 amide bonds. The Bertz CT molecular complexity index is 2170. The number of nitrogens with one attached hydrogen (secondary N) is 2. The van der Waals surface area contributed by atoms with Crippen molar-refractivity contribution in [2.24, 2.45) is 0 Å². The second-order valence-corrected chi connectivity index (χ2v) is 15.0. The topological polar surface area (TPSA) is 116 Å². The number of likely N-dealkylation sites (tertiary alicyclic amines) is 1. The van der Waals surface area contributed by atoms with E-state index in [9.17, 15) is 18.4 Å². The maximum Gasteiger partial charge on any atom is 0.234 e. The van der Waals surface area contributed by atoms with Gasteiger partial charge < -0.3 is 10.2 Å². The zero-order valence-electron chi connectivity index (χ0n) is 30.9. The number of piperidine rings is 2. The number of piperazine rings is 1. The number of imidazole rings is 1. The number of carbonyl (C=O) groups excluding carboxylic acids is 2. The van der Waals surface area contributed by atoms with Crippen molar-refractivity contribution in [3.63, 3.8) is 0 Å². The van der Waals surface area contributed by atoms with Gasteiger partial charge in [0.1, 0.15) is 11.6 Å². The first-order chi connectivity index (χ1) is 26.1. The van der Waals surface area contributed by atoms with E-state index in [1.54, 1.807) is 36.1 Å². The van der Waals surface area contributed by atoms with Gasteiger partial charge in [-0.3, -0.25) is 33.8 Å². The first-order valence-electron chi connectivity index (χ1n) is 18.9. The quantitative estimate of drug-likeness (QED) is 0.185. The first-order valence-corrected chi connectivity index (χ1v) is 18.9. The molecule has 3 aliphatic rings. The van der Waals surface area contributed by atoms with E-state index in [4.69, 9.17) is 5.10 Å². The Kier molecular flexibility index (Phi) is 9.88. The molecule has 54 heavy (non-hydrogen) atoms. The van der Waals surface area contributed by atoms with Crippen LogP contribution >= 0.6 is 0 Å². The predicted octanol–water partition coefficient (Wildman–Crippen LogP) is 5.68. The van der Waals surface area contributed by atoms with E-state index in [0.29, 0.717) is 47.6 Å². The molecule has 3 aliphatic heterocycles. The first kappa shape index (κ1) is 35.8. The smallest absolute Gasteiger partial charge is 0.234 e. The minimum atomic E-state index is -0.654. The summed E-state index contributed by atoms with van der Waals surface area (Å²) < 4.78 is 32.5. The molecule has 0 aliphatic carbocycles. The lowest BCUT2D eigenvalue weighted by Crippen LogP contribution is -2.54. The van der Waals surface area contributed by atoms with Gasteiger partial charge in [0, 0.05) is 93.7 Å². The largest absolute Gasteiger partial charge is 0.369 e. The van der Waals surface area contributed by atoms with Gasteiger partial charge in [0.15, 0.2) is 11.5 Å². The number of aryl methyl sites for hydroxylation is 1. The van der Waals surface area contributed by atoms with Crippen LogP contribution in [0.1, 0.15) is 62.6 Å². The fourth-order valence-electron chi connectivity index (χ4n) is 8.31. The number of imide groups is 1. The monoisotopic (exact) mass is 736 g/mol. The number of hydrogen-bond donors (Lipinski definition) is 2. The molecule has 3 saturated heterocycles. The lowest BCUT2D eigenvalue weighted by molar-refractivity contribution is -0.134. The van der Waals surface area contributed by atoms with Crippen LogP contribution in [0, 0.1) is 18.6 Å². The number of anilines is 3. The molecule has 3 aromatic heterocycles. The number of amides is 2. The highest BCUT2D eigenvalue weighted by Crippen LogP contribution is 2.32. The Morgan fingerprint density at radius 1 is 0.926 bits per heavy atom. The fourth-order valence-corrected chi connectivity index (χ4v) is 8.31. The van der Waals surface area contributed by atoms with Gasteiger partial charge in [-0.25, -0.2) is 18.7 Å². The van der Waals surface area contributed by atoms with E-state index in [2.05, 4.69) is 61.3 Å². The lowest BCUT2D eigenvalue weighted by atomic mass is 9.90. The average molecular weight is 737 g/mol. The number of aromatic nitrogens is 5. The van der Waals surface area contributed by atoms with Gasteiger partial charge in [-0.05, 0) is 69.4 Å². The van der Waals surface area contributed by atoms with Crippen LogP contribution < -0.4 is 15.5 Å². The molecule has 0 saturated carbocycles. The average Bonchev–Trinajstić information content (AvgIpc) is 3.85. The van der Waals surface area contributed by atoms with Crippen molar-refractivity contribution in [2.45, 2.75) is 70.5 Å². The number of carbonyl (C=O) groups is 2. The van der Waals surface area contributed by atoms with Crippen molar-refractivity contribution in [3.8, 4) is 11.3 Å². The highest BCUT2D eigenvalue weighted by Gasteiger charge is 2.31. The number of fused-ring (bicyclic) bond motifs is 1. The molecule has 3 fully saturated rings. The van der Waals surface area contributed by atoms with Crippen molar-refractivity contribution in [1.82, 2.24) is 39.3 Å². The third kappa shape index (κ3) is 7.19. The molecule has 2 N–H and O–H groups in total. The van der Waals surface area contributed by atoms with Gasteiger partial charge in [0.2, 0.25) is 11.8 Å². The lowest BCUT2D eigenvalue weighted by Gasteiger charge is -2.43. The highest BCUT2D eigenvalue weighted by molar-refractivity contribution is 6.01. The van der Waals surface area contributed by atoms with Crippen molar-refractivity contribution >= 4 is 34.7 Å². The molecular weight excluding hydrogens is 691 g/mol. The van der Waals surface area contributed by atoms with E-state index in [1.165, 1.54) is 11.8 Å². The summed E-state index contributed by atoms with van der Waals surface area (Å²) in [5.74, 6) is -1.36. The molecule has 12 nitrogen and oxygen atoms in total. The van der Waals surface area contributed by atoms with Crippen LogP contribution in [0.5, 0.6) is 0 Å². The molecule has 8 rings (SSSR count). The second kappa shape index (κ2) is 14.9. The van der Waals surface area contributed by atoms with E-state index in [0.717, 1.165) is 69.4 Å². The summed E-state index contributed by atoms with van der Waals surface area (Å²) in [6.45, 7) is 12.2. The third-order valence-corrected chi connectivity index (χ3v) is 11.5. The highest BCUT2D eigenvalue weighted by atomic mass is 19.1. The SMILES string of the molecule is Cc1cc(-c2cnc(Nc3cnn([C@H]4CCN(CCN5CCN(c6ccc(C7CCC(=O)NC7=O)cc6)C[C@H]5C)[C@@H](C)C4)c3)c3nccn23)c(F)cc1F. The molecule has 5 aromatic rings. The normalized spacial score (nSPS) is 22.9. The molecule has 0 spiro atoms. The predicted molar refractivity (Wildman–Crippen MR) is 203 cm³/mol. The molecule has 4 atom stereocenters. The van der Waals surface area contributed by atoms with Gasteiger partial charge in [0.25, 0.3) is 0 Å². The van der Waals surface area contributed by atoms with Crippen molar-refractivity contribution in [2.75, 3.05) is 49.5 Å². The number of nitrogens with zero attached hydrogens (tertiary/aromatic N) is 8.